The molecule has 0 unspecified atom stereocenters. The van der Waals surface area contributed by atoms with Crippen LogP contribution in [0.3, 0.4) is 0 Å². The Bertz CT molecular complexity index is 350. The lowest BCUT2D eigenvalue weighted by Crippen LogP contribution is -2.06. The average molecular weight is 250 g/mol. The van der Waals surface area contributed by atoms with Crippen LogP contribution in [0.1, 0.15) is 46.0 Å². The molecule has 5 N–H and O–H groups in total. The van der Waals surface area contributed by atoms with E-state index in [0.717, 1.165) is 18.3 Å². The number of pyridine rings is 1. The molecule has 0 bridgehead atoms. The molecule has 1 heterocycles. The number of nitrogens with one attached hydrogen (secondary N) is 1. The fraction of sp³-hybridized carbons (Fsp3) is 0.643. The van der Waals surface area contributed by atoms with Gasteiger partial charge in [0, 0.05) is 6.54 Å². The normalized spacial score (nSPS) is 10.8. The molecule has 0 aromatic carbocycles. The molecular formula is C14H26N4. The first kappa shape index (κ1) is 14.6. The molecule has 0 atom stereocenters. The summed E-state index contributed by atoms with van der Waals surface area (Å²) in [7, 11) is 0. The van der Waals surface area contributed by atoms with Gasteiger partial charge in [-0.25, -0.2) is 4.98 Å². The lowest BCUT2D eigenvalue weighted by molar-refractivity contribution is 0.523. The van der Waals surface area contributed by atoms with E-state index < -0.39 is 0 Å². The van der Waals surface area contributed by atoms with Gasteiger partial charge in [0.15, 0.2) is 0 Å². The van der Waals surface area contributed by atoms with Crippen LogP contribution in [0.4, 0.5) is 17.3 Å². The van der Waals surface area contributed by atoms with Gasteiger partial charge < -0.3 is 16.8 Å². The van der Waals surface area contributed by atoms with Crippen LogP contribution in [0.5, 0.6) is 0 Å². The van der Waals surface area contributed by atoms with E-state index in [9.17, 15) is 0 Å². The SMILES string of the molecule is CC(C)CCCCCCNc1ccc(N)c(N)n1. The first-order valence-electron chi connectivity index (χ1n) is 6.85. The summed E-state index contributed by atoms with van der Waals surface area (Å²) in [5.41, 5.74) is 11.8. The van der Waals surface area contributed by atoms with E-state index in [2.05, 4.69) is 24.1 Å². The predicted octanol–water partition coefficient (Wildman–Crippen LogP) is 3.26. The molecular weight excluding hydrogens is 224 g/mol. The molecule has 1 rings (SSSR count). The molecule has 102 valence electrons. The Labute approximate surface area is 110 Å². The molecule has 0 fully saturated rings. The van der Waals surface area contributed by atoms with E-state index in [1.807, 2.05) is 6.07 Å². The highest BCUT2D eigenvalue weighted by molar-refractivity contribution is 5.61. The third-order valence-electron chi connectivity index (χ3n) is 2.97. The van der Waals surface area contributed by atoms with Gasteiger partial charge in [-0.05, 0) is 24.5 Å². The molecule has 0 aliphatic heterocycles. The first-order chi connectivity index (χ1) is 8.59. The van der Waals surface area contributed by atoms with E-state index in [4.69, 9.17) is 11.5 Å². The van der Waals surface area contributed by atoms with Crippen molar-refractivity contribution in [2.45, 2.75) is 46.0 Å². The summed E-state index contributed by atoms with van der Waals surface area (Å²) in [5, 5.41) is 3.27. The third-order valence-corrected chi connectivity index (χ3v) is 2.97. The van der Waals surface area contributed by atoms with Crippen LogP contribution in [0.15, 0.2) is 12.1 Å². The van der Waals surface area contributed by atoms with Gasteiger partial charge in [0.05, 0.1) is 5.69 Å². The average Bonchev–Trinajstić information content (AvgIpc) is 2.32. The van der Waals surface area contributed by atoms with Crippen LogP contribution in [0.25, 0.3) is 0 Å². The van der Waals surface area contributed by atoms with E-state index >= 15 is 0 Å². The number of aromatic nitrogens is 1. The van der Waals surface area contributed by atoms with E-state index in [0.29, 0.717) is 11.5 Å². The van der Waals surface area contributed by atoms with Crippen LogP contribution in [-0.4, -0.2) is 11.5 Å². The van der Waals surface area contributed by atoms with Crippen LogP contribution < -0.4 is 16.8 Å². The lowest BCUT2D eigenvalue weighted by atomic mass is 10.0. The maximum absolute atomic E-state index is 5.64. The molecule has 0 aliphatic rings. The number of rotatable bonds is 8. The minimum absolute atomic E-state index is 0.400. The standard InChI is InChI=1S/C14H26N4/c1-11(2)7-5-3-4-6-10-17-13-9-8-12(15)14(16)18-13/h8-9,11H,3-7,10,15H2,1-2H3,(H3,16,17,18). The summed E-state index contributed by atoms with van der Waals surface area (Å²) < 4.78 is 0. The van der Waals surface area contributed by atoms with Gasteiger partial charge in [0.1, 0.15) is 11.6 Å². The van der Waals surface area contributed by atoms with Crippen molar-refractivity contribution in [2.75, 3.05) is 23.3 Å². The first-order valence-corrected chi connectivity index (χ1v) is 6.85. The Morgan fingerprint density at radius 1 is 1.11 bits per heavy atom. The third kappa shape index (κ3) is 5.75. The summed E-state index contributed by atoms with van der Waals surface area (Å²) in [5.74, 6) is 2.03. The lowest BCUT2D eigenvalue weighted by Gasteiger charge is -2.07. The van der Waals surface area contributed by atoms with Crippen molar-refractivity contribution >= 4 is 17.3 Å². The Morgan fingerprint density at radius 3 is 2.50 bits per heavy atom. The number of nitrogen functional groups attached to an aromatic ring is 2. The van der Waals surface area contributed by atoms with Gasteiger partial charge in [-0.2, -0.15) is 0 Å². The second-order valence-corrected chi connectivity index (χ2v) is 5.19. The van der Waals surface area contributed by atoms with Crippen molar-refractivity contribution in [1.82, 2.24) is 4.98 Å². The highest BCUT2D eigenvalue weighted by Gasteiger charge is 1.98. The molecule has 0 spiro atoms. The van der Waals surface area contributed by atoms with Gasteiger partial charge in [-0.1, -0.05) is 39.5 Å². The van der Waals surface area contributed by atoms with Crippen molar-refractivity contribution in [3.05, 3.63) is 12.1 Å². The number of hydrogen-bond donors (Lipinski definition) is 3. The Balaban J connectivity index is 2.09. The molecule has 0 amide bonds. The van der Waals surface area contributed by atoms with Crippen molar-refractivity contribution < 1.29 is 0 Å². The quantitative estimate of drug-likeness (QED) is 0.619. The van der Waals surface area contributed by atoms with E-state index in [1.165, 1.54) is 32.1 Å². The van der Waals surface area contributed by atoms with Crippen molar-refractivity contribution in [3.63, 3.8) is 0 Å². The molecule has 4 nitrogen and oxygen atoms in total. The second kappa shape index (κ2) is 7.80. The predicted molar refractivity (Wildman–Crippen MR) is 79.5 cm³/mol. The molecule has 1 aromatic rings. The summed E-state index contributed by atoms with van der Waals surface area (Å²) in [6.45, 7) is 5.50. The fourth-order valence-electron chi connectivity index (χ4n) is 1.83. The number of unbranched alkanes of at least 4 members (excludes halogenated alkanes) is 3. The Morgan fingerprint density at radius 2 is 1.83 bits per heavy atom. The summed E-state index contributed by atoms with van der Waals surface area (Å²) in [4.78, 5) is 4.17. The molecule has 0 aliphatic carbocycles. The minimum atomic E-state index is 0.400. The van der Waals surface area contributed by atoms with Gasteiger partial charge in [-0.15, -0.1) is 0 Å². The van der Waals surface area contributed by atoms with Gasteiger partial charge in [-0.3, -0.25) is 0 Å². The maximum Gasteiger partial charge on any atom is 0.149 e. The van der Waals surface area contributed by atoms with Crippen molar-refractivity contribution in [1.29, 1.82) is 0 Å². The summed E-state index contributed by atoms with van der Waals surface area (Å²) in [6.07, 6.45) is 6.43. The monoisotopic (exact) mass is 250 g/mol. The zero-order chi connectivity index (χ0) is 13.4. The van der Waals surface area contributed by atoms with Gasteiger partial charge >= 0.3 is 0 Å². The highest BCUT2D eigenvalue weighted by atomic mass is 15.0. The topological polar surface area (TPSA) is 77.0 Å². The Kier molecular flexibility index (Phi) is 6.33. The van der Waals surface area contributed by atoms with Crippen LogP contribution in [-0.2, 0) is 0 Å². The summed E-state index contributed by atoms with van der Waals surface area (Å²) >= 11 is 0. The molecule has 4 heteroatoms. The smallest absolute Gasteiger partial charge is 0.149 e. The molecule has 18 heavy (non-hydrogen) atoms. The maximum atomic E-state index is 5.64. The highest BCUT2D eigenvalue weighted by Crippen LogP contribution is 2.15. The zero-order valence-electron chi connectivity index (χ0n) is 11.6. The second-order valence-electron chi connectivity index (χ2n) is 5.19. The van der Waals surface area contributed by atoms with Crippen LogP contribution in [0.2, 0.25) is 0 Å². The minimum Gasteiger partial charge on any atom is -0.396 e. The van der Waals surface area contributed by atoms with Gasteiger partial charge in [0.2, 0.25) is 0 Å². The van der Waals surface area contributed by atoms with Crippen LogP contribution >= 0.6 is 0 Å². The molecule has 0 saturated carbocycles. The zero-order valence-corrected chi connectivity index (χ0v) is 11.6. The molecule has 0 saturated heterocycles. The number of anilines is 3. The molecule has 1 aromatic heterocycles. The van der Waals surface area contributed by atoms with Crippen LogP contribution in [0, 0.1) is 5.92 Å². The number of nitrogens with two attached hydrogens (primary N) is 2. The molecule has 0 radical (unpaired) electrons. The van der Waals surface area contributed by atoms with Crippen molar-refractivity contribution in [2.24, 2.45) is 5.92 Å². The number of nitrogens with zero attached hydrogens (tertiary/aromatic N) is 1. The van der Waals surface area contributed by atoms with E-state index in [1.54, 1.807) is 6.07 Å². The Hall–Kier alpha value is -1.45. The fourth-order valence-corrected chi connectivity index (χ4v) is 1.83. The number of hydrogen-bond acceptors (Lipinski definition) is 4. The van der Waals surface area contributed by atoms with Crippen molar-refractivity contribution in [3.8, 4) is 0 Å². The van der Waals surface area contributed by atoms with E-state index in [-0.39, 0.29) is 0 Å². The van der Waals surface area contributed by atoms with Gasteiger partial charge in [0.25, 0.3) is 0 Å². The largest absolute Gasteiger partial charge is 0.396 e. The summed E-state index contributed by atoms with van der Waals surface area (Å²) in [6, 6.07) is 3.65.